The summed E-state index contributed by atoms with van der Waals surface area (Å²) in [4.78, 5) is 14.4. The maximum absolute atomic E-state index is 12.9. The molecule has 0 saturated carbocycles. The van der Waals surface area contributed by atoms with E-state index >= 15 is 0 Å². The Balaban J connectivity index is 2.51. The summed E-state index contributed by atoms with van der Waals surface area (Å²) in [5, 5.41) is 18.0. The Bertz CT molecular complexity index is 610. The van der Waals surface area contributed by atoms with Crippen LogP contribution in [0.2, 0.25) is 0 Å². The molecule has 0 bridgehead atoms. The van der Waals surface area contributed by atoms with Gasteiger partial charge in [-0.25, -0.2) is 4.79 Å². The van der Waals surface area contributed by atoms with Crippen LogP contribution in [0.3, 0.4) is 0 Å². The first-order valence-corrected chi connectivity index (χ1v) is 6.06. The van der Waals surface area contributed by atoms with Crippen LogP contribution in [0, 0.1) is 11.3 Å². The van der Waals surface area contributed by atoms with Gasteiger partial charge in [0.25, 0.3) is 0 Å². The van der Waals surface area contributed by atoms with Crippen molar-refractivity contribution in [2.75, 3.05) is 25.1 Å². The van der Waals surface area contributed by atoms with Crippen LogP contribution in [0.1, 0.15) is 11.1 Å². The number of urea groups is 1. The summed E-state index contributed by atoms with van der Waals surface area (Å²) < 4.78 is 38.8. The quantitative estimate of drug-likeness (QED) is 0.905. The molecular weight excluding hydrogens is 287 g/mol. The Kier molecular flexibility index (Phi) is 3.78. The van der Waals surface area contributed by atoms with Crippen molar-refractivity contribution in [2.45, 2.75) is 12.2 Å². The first-order valence-electron chi connectivity index (χ1n) is 6.06. The second-order valence-corrected chi connectivity index (χ2v) is 4.71. The molecule has 1 aromatic rings. The minimum Gasteiger partial charge on any atom is -0.394 e. The summed E-state index contributed by atoms with van der Waals surface area (Å²) in [7, 11) is 1.50. The Morgan fingerprint density at radius 3 is 2.67 bits per heavy atom. The van der Waals surface area contributed by atoms with Crippen molar-refractivity contribution in [3.63, 3.8) is 0 Å². The van der Waals surface area contributed by atoms with E-state index in [1.165, 1.54) is 24.1 Å². The van der Waals surface area contributed by atoms with Gasteiger partial charge in [-0.15, -0.1) is 0 Å². The second-order valence-electron chi connectivity index (χ2n) is 4.71. The highest BCUT2D eigenvalue weighted by atomic mass is 19.4. The number of hydrogen-bond acceptors (Lipinski definition) is 3. The van der Waals surface area contributed by atoms with Crippen molar-refractivity contribution in [1.82, 2.24) is 4.90 Å². The van der Waals surface area contributed by atoms with Crippen LogP contribution in [0.5, 0.6) is 0 Å². The number of benzene rings is 1. The van der Waals surface area contributed by atoms with Crippen molar-refractivity contribution in [2.24, 2.45) is 0 Å². The van der Waals surface area contributed by atoms with Gasteiger partial charge in [-0.3, -0.25) is 4.90 Å². The number of hydrogen-bond donors (Lipinski definition) is 1. The standard InChI is InChI=1S/C13H12F3N3O2/c1-18-6-10(7-20)19(12(18)21)9-3-2-8(5-17)11(4-9)13(14,15)16/h2-4,10,20H,6-7H2,1H3. The average molecular weight is 299 g/mol. The molecule has 1 N–H and O–H groups in total. The number of nitriles is 1. The molecule has 112 valence electrons. The van der Waals surface area contributed by atoms with Crippen LogP contribution in [-0.2, 0) is 6.18 Å². The van der Waals surface area contributed by atoms with E-state index in [4.69, 9.17) is 5.26 Å². The highest BCUT2D eigenvalue weighted by molar-refractivity contribution is 5.95. The number of carbonyl (C=O) groups excluding carboxylic acids is 1. The summed E-state index contributed by atoms with van der Waals surface area (Å²) in [6.07, 6.45) is -4.69. The second kappa shape index (κ2) is 5.26. The molecule has 0 aromatic heterocycles. The number of aliphatic hydroxyl groups is 1. The number of nitrogens with zero attached hydrogens (tertiary/aromatic N) is 3. The fourth-order valence-electron chi connectivity index (χ4n) is 2.29. The molecule has 1 saturated heterocycles. The molecule has 1 fully saturated rings. The number of amides is 2. The molecule has 1 atom stereocenters. The largest absolute Gasteiger partial charge is 0.417 e. The van der Waals surface area contributed by atoms with Crippen molar-refractivity contribution < 1.29 is 23.1 Å². The zero-order chi connectivity index (χ0) is 15.8. The first-order chi connectivity index (χ1) is 9.79. The molecule has 1 aliphatic heterocycles. The lowest BCUT2D eigenvalue weighted by molar-refractivity contribution is -0.137. The monoisotopic (exact) mass is 299 g/mol. The van der Waals surface area contributed by atoms with E-state index < -0.39 is 29.4 Å². The third-order valence-corrected chi connectivity index (χ3v) is 3.30. The van der Waals surface area contributed by atoms with Crippen LogP contribution in [0.15, 0.2) is 18.2 Å². The topological polar surface area (TPSA) is 67.6 Å². The van der Waals surface area contributed by atoms with Crippen LogP contribution in [0.25, 0.3) is 0 Å². The number of anilines is 1. The van der Waals surface area contributed by atoms with E-state index in [0.29, 0.717) is 0 Å². The number of alkyl halides is 3. The van der Waals surface area contributed by atoms with Gasteiger partial charge < -0.3 is 10.0 Å². The van der Waals surface area contributed by atoms with Gasteiger partial charge in [-0.2, -0.15) is 18.4 Å². The molecule has 1 aromatic carbocycles. The summed E-state index contributed by atoms with van der Waals surface area (Å²) in [5.41, 5.74) is -1.59. The van der Waals surface area contributed by atoms with Gasteiger partial charge in [-0.05, 0) is 18.2 Å². The van der Waals surface area contributed by atoms with Crippen LogP contribution in [0.4, 0.5) is 23.7 Å². The molecule has 8 heteroatoms. The van der Waals surface area contributed by atoms with Gasteiger partial charge in [0, 0.05) is 19.3 Å². The van der Waals surface area contributed by atoms with Gasteiger partial charge in [-0.1, -0.05) is 0 Å². The zero-order valence-electron chi connectivity index (χ0n) is 11.1. The third kappa shape index (κ3) is 2.64. The van der Waals surface area contributed by atoms with Crippen molar-refractivity contribution in [3.8, 4) is 6.07 Å². The minimum absolute atomic E-state index is 0.00900. The lowest BCUT2D eigenvalue weighted by Gasteiger charge is -2.23. The molecule has 0 aliphatic carbocycles. The Labute approximate surface area is 118 Å². The highest BCUT2D eigenvalue weighted by Gasteiger charge is 2.38. The summed E-state index contributed by atoms with van der Waals surface area (Å²) in [6.45, 7) is -0.145. The lowest BCUT2D eigenvalue weighted by atomic mass is 10.1. The first kappa shape index (κ1) is 15.1. The highest BCUT2D eigenvalue weighted by Crippen LogP contribution is 2.35. The molecule has 21 heavy (non-hydrogen) atoms. The molecule has 0 spiro atoms. The maximum atomic E-state index is 12.9. The molecule has 1 aliphatic rings. The van der Waals surface area contributed by atoms with Gasteiger partial charge >= 0.3 is 12.2 Å². The Morgan fingerprint density at radius 1 is 1.48 bits per heavy atom. The van der Waals surface area contributed by atoms with Crippen LogP contribution < -0.4 is 4.90 Å². The molecule has 1 unspecified atom stereocenters. The predicted octanol–water partition coefficient (Wildman–Crippen LogP) is 1.81. The smallest absolute Gasteiger partial charge is 0.394 e. The number of carbonyl (C=O) groups is 1. The summed E-state index contributed by atoms with van der Waals surface area (Å²) in [6, 6.07) is 3.43. The van der Waals surface area contributed by atoms with E-state index in [1.807, 2.05) is 0 Å². The molecule has 5 nitrogen and oxygen atoms in total. The zero-order valence-corrected chi connectivity index (χ0v) is 11.1. The van der Waals surface area contributed by atoms with Crippen molar-refractivity contribution in [1.29, 1.82) is 5.26 Å². The SMILES string of the molecule is CN1CC(CO)N(c2ccc(C#N)c(C(F)(F)F)c2)C1=O. The summed E-state index contributed by atoms with van der Waals surface area (Å²) >= 11 is 0. The van der Waals surface area contributed by atoms with Crippen LogP contribution in [-0.4, -0.2) is 42.3 Å². The molecule has 2 amide bonds. The Hall–Kier alpha value is -2.27. The van der Waals surface area contributed by atoms with Crippen molar-refractivity contribution >= 4 is 11.7 Å². The molecule has 2 rings (SSSR count). The van der Waals surface area contributed by atoms with E-state index in [0.717, 1.165) is 17.0 Å². The van der Waals surface area contributed by atoms with Gasteiger partial charge in [0.15, 0.2) is 0 Å². The number of halogens is 3. The van der Waals surface area contributed by atoms with Gasteiger partial charge in [0.2, 0.25) is 0 Å². The third-order valence-electron chi connectivity index (χ3n) is 3.30. The number of aliphatic hydroxyl groups excluding tert-OH is 1. The fourth-order valence-corrected chi connectivity index (χ4v) is 2.29. The van der Waals surface area contributed by atoms with E-state index in [-0.39, 0.29) is 18.8 Å². The number of likely N-dealkylation sites (N-methyl/N-ethyl adjacent to an activating group) is 1. The molecule has 0 radical (unpaired) electrons. The normalized spacial score (nSPS) is 19.0. The van der Waals surface area contributed by atoms with Gasteiger partial charge in [0.05, 0.1) is 29.8 Å². The predicted molar refractivity (Wildman–Crippen MR) is 67.5 cm³/mol. The maximum Gasteiger partial charge on any atom is 0.417 e. The lowest BCUT2D eigenvalue weighted by Crippen LogP contribution is -2.36. The summed E-state index contributed by atoms with van der Waals surface area (Å²) in [5.74, 6) is 0. The Morgan fingerprint density at radius 2 is 2.14 bits per heavy atom. The van der Waals surface area contributed by atoms with Crippen molar-refractivity contribution in [3.05, 3.63) is 29.3 Å². The minimum atomic E-state index is -4.69. The van der Waals surface area contributed by atoms with E-state index in [1.54, 1.807) is 0 Å². The molecule has 1 heterocycles. The van der Waals surface area contributed by atoms with Gasteiger partial charge in [0.1, 0.15) is 0 Å². The molecular formula is C13H12F3N3O2. The van der Waals surface area contributed by atoms with E-state index in [9.17, 15) is 23.1 Å². The van der Waals surface area contributed by atoms with E-state index in [2.05, 4.69) is 0 Å². The average Bonchev–Trinajstić information content (AvgIpc) is 2.72. The fraction of sp³-hybridized carbons (Fsp3) is 0.385. The van der Waals surface area contributed by atoms with Crippen LogP contribution >= 0.6 is 0 Å². The number of rotatable bonds is 2.